The van der Waals surface area contributed by atoms with Gasteiger partial charge in [-0.1, -0.05) is 31.0 Å². The third kappa shape index (κ3) is 5.51. The van der Waals surface area contributed by atoms with Crippen LogP contribution in [0.1, 0.15) is 36.5 Å². The molecule has 2 aliphatic rings. The Labute approximate surface area is 201 Å². The third-order valence-corrected chi connectivity index (χ3v) is 8.55. The first kappa shape index (κ1) is 24.0. The highest BCUT2D eigenvalue weighted by Crippen LogP contribution is 2.31. The van der Waals surface area contributed by atoms with Gasteiger partial charge in [0.1, 0.15) is 0 Å². The molecule has 0 aromatic heterocycles. The molecule has 1 N–H and O–H groups in total. The summed E-state index contributed by atoms with van der Waals surface area (Å²) < 4.78 is 27.6. The number of benzene rings is 2. The molecule has 178 valence electrons. The van der Waals surface area contributed by atoms with Crippen molar-refractivity contribution < 1.29 is 13.2 Å². The molecule has 0 atom stereocenters. The third-order valence-electron chi connectivity index (χ3n) is 6.42. The van der Waals surface area contributed by atoms with Crippen LogP contribution < -0.4 is 10.2 Å². The number of halogens is 1. The van der Waals surface area contributed by atoms with Gasteiger partial charge in [-0.05, 0) is 55.8 Å². The molecule has 4 rings (SSSR count). The van der Waals surface area contributed by atoms with E-state index in [-0.39, 0.29) is 10.8 Å². The molecule has 9 heteroatoms. The van der Waals surface area contributed by atoms with Crippen LogP contribution in [0, 0.1) is 0 Å². The van der Waals surface area contributed by atoms with E-state index in [0.29, 0.717) is 29.4 Å². The minimum absolute atomic E-state index is 0.152. The van der Waals surface area contributed by atoms with Crippen LogP contribution in [0.25, 0.3) is 0 Å². The van der Waals surface area contributed by atoms with Crippen molar-refractivity contribution in [2.45, 2.75) is 31.1 Å². The molecule has 0 unspecified atom stereocenters. The molecule has 0 bridgehead atoms. The van der Waals surface area contributed by atoms with Gasteiger partial charge in [-0.2, -0.15) is 4.31 Å². The molecule has 2 heterocycles. The summed E-state index contributed by atoms with van der Waals surface area (Å²) in [6, 6.07) is 11.8. The average molecular weight is 491 g/mol. The van der Waals surface area contributed by atoms with E-state index < -0.39 is 10.0 Å². The molecule has 0 spiro atoms. The molecule has 2 aliphatic heterocycles. The van der Waals surface area contributed by atoms with Crippen molar-refractivity contribution in [3.63, 3.8) is 0 Å². The fourth-order valence-corrected chi connectivity index (χ4v) is 6.17. The quantitative estimate of drug-likeness (QED) is 0.664. The van der Waals surface area contributed by atoms with E-state index >= 15 is 0 Å². The Balaban J connectivity index is 1.54. The van der Waals surface area contributed by atoms with E-state index in [2.05, 4.69) is 22.0 Å². The fourth-order valence-electron chi connectivity index (χ4n) is 4.44. The minimum Gasteiger partial charge on any atom is -0.367 e. The number of hydrogen-bond acceptors (Lipinski definition) is 5. The Morgan fingerprint density at radius 2 is 1.70 bits per heavy atom. The second kappa shape index (κ2) is 10.4. The van der Waals surface area contributed by atoms with Crippen molar-refractivity contribution >= 4 is 38.9 Å². The molecular weight excluding hydrogens is 460 g/mol. The lowest BCUT2D eigenvalue weighted by atomic mass is 10.1. The highest BCUT2D eigenvalue weighted by Gasteiger charge is 2.27. The maximum atomic E-state index is 13.1. The monoisotopic (exact) mass is 490 g/mol. The van der Waals surface area contributed by atoms with E-state index in [1.165, 1.54) is 10.4 Å². The van der Waals surface area contributed by atoms with Gasteiger partial charge in [0.05, 0.1) is 16.3 Å². The normalized spacial score (nSPS) is 18.3. The lowest BCUT2D eigenvalue weighted by molar-refractivity contribution is 0.102. The van der Waals surface area contributed by atoms with Crippen LogP contribution in [0.2, 0.25) is 5.02 Å². The smallest absolute Gasteiger partial charge is 0.255 e. The summed E-state index contributed by atoms with van der Waals surface area (Å²) in [4.78, 5) is 17.9. The number of hydrogen-bond donors (Lipinski definition) is 1. The number of rotatable bonds is 6. The lowest BCUT2D eigenvalue weighted by Gasteiger charge is -2.36. The van der Waals surface area contributed by atoms with Gasteiger partial charge < -0.3 is 15.1 Å². The number of piperazine rings is 1. The molecule has 0 saturated carbocycles. The first-order valence-electron chi connectivity index (χ1n) is 11.6. The Morgan fingerprint density at radius 3 is 2.39 bits per heavy atom. The highest BCUT2D eigenvalue weighted by atomic mass is 35.5. The summed E-state index contributed by atoms with van der Waals surface area (Å²) in [5.74, 6) is -0.360. The van der Waals surface area contributed by atoms with Crippen LogP contribution in [-0.2, 0) is 10.0 Å². The highest BCUT2D eigenvalue weighted by molar-refractivity contribution is 7.89. The van der Waals surface area contributed by atoms with E-state index in [1.54, 1.807) is 24.3 Å². The molecule has 0 radical (unpaired) electrons. The molecular formula is C24H31ClN4O3S. The zero-order valence-electron chi connectivity index (χ0n) is 19.0. The van der Waals surface area contributed by atoms with Crippen molar-refractivity contribution in [1.82, 2.24) is 9.21 Å². The maximum absolute atomic E-state index is 13.1. The van der Waals surface area contributed by atoms with E-state index in [1.807, 2.05) is 12.1 Å². The standard InChI is InChI=1S/C24H31ClN4O3S/c1-2-27-13-15-28(16-14-27)23-10-9-20(25)18-22(23)26-24(30)19-7-6-8-21(17-19)33(31,32)29-11-4-3-5-12-29/h6-10,17-18H,2-5,11-16H2,1H3,(H,26,30). The fraction of sp³-hybridized carbons (Fsp3) is 0.458. The van der Waals surface area contributed by atoms with Gasteiger partial charge in [-0.3, -0.25) is 4.79 Å². The predicted octanol–water partition coefficient (Wildman–Crippen LogP) is 3.91. The number of anilines is 2. The van der Waals surface area contributed by atoms with E-state index in [0.717, 1.165) is 57.7 Å². The van der Waals surface area contributed by atoms with Crippen LogP contribution in [0.15, 0.2) is 47.4 Å². The number of likely N-dealkylation sites (N-methyl/N-ethyl adjacent to an activating group) is 1. The Morgan fingerprint density at radius 1 is 0.970 bits per heavy atom. The number of sulfonamides is 1. The first-order valence-corrected chi connectivity index (χ1v) is 13.4. The van der Waals surface area contributed by atoms with Gasteiger partial charge in [-0.15, -0.1) is 0 Å². The van der Waals surface area contributed by atoms with Crippen molar-refractivity contribution in [2.75, 3.05) is 56.0 Å². The number of amides is 1. The summed E-state index contributed by atoms with van der Waals surface area (Å²) in [7, 11) is -3.61. The lowest BCUT2D eigenvalue weighted by Crippen LogP contribution is -2.46. The molecule has 2 saturated heterocycles. The van der Waals surface area contributed by atoms with Crippen LogP contribution in [0.5, 0.6) is 0 Å². The first-order chi connectivity index (χ1) is 15.9. The number of carbonyl (C=O) groups excluding carboxylic acids is 1. The summed E-state index contributed by atoms with van der Waals surface area (Å²) in [5, 5.41) is 3.49. The zero-order chi connectivity index (χ0) is 23.4. The molecule has 1 amide bonds. The molecule has 2 aromatic rings. The van der Waals surface area contributed by atoms with Crippen LogP contribution in [0.4, 0.5) is 11.4 Å². The SMILES string of the molecule is CCN1CCN(c2ccc(Cl)cc2NC(=O)c2cccc(S(=O)(=O)N3CCCCC3)c2)CC1. The number of nitrogens with one attached hydrogen (secondary N) is 1. The molecule has 0 aliphatic carbocycles. The Bertz CT molecular complexity index is 1090. The molecule has 2 aromatic carbocycles. The van der Waals surface area contributed by atoms with Gasteiger partial charge in [-0.25, -0.2) is 8.42 Å². The van der Waals surface area contributed by atoms with Crippen molar-refractivity contribution in [3.05, 3.63) is 53.1 Å². The Hall–Kier alpha value is -2.13. The number of nitrogens with zero attached hydrogens (tertiary/aromatic N) is 3. The second-order valence-corrected chi connectivity index (χ2v) is 10.9. The van der Waals surface area contributed by atoms with Crippen LogP contribution in [-0.4, -0.2) is 69.3 Å². The summed E-state index contributed by atoms with van der Waals surface area (Å²) in [5.41, 5.74) is 1.84. The summed E-state index contributed by atoms with van der Waals surface area (Å²) in [6.07, 6.45) is 2.77. The number of piperidine rings is 1. The summed E-state index contributed by atoms with van der Waals surface area (Å²) in [6.45, 7) is 7.87. The minimum atomic E-state index is -3.61. The molecule has 2 fully saturated rings. The van der Waals surface area contributed by atoms with E-state index in [4.69, 9.17) is 11.6 Å². The van der Waals surface area contributed by atoms with Crippen molar-refractivity contribution in [2.24, 2.45) is 0 Å². The number of carbonyl (C=O) groups is 1. The molecule has 7 nitrogen and oxygen atoms in total. The van der Waals surface area contributed by atoms with Crippen molar-refractivity contribution in [1.29, 1.82) is 0 Å². The summed E-state index contributed by atoms with van der Waals surface area (Å²) >= 11 is 6.24. The van der Waals surface area contributed by atoms with Gasteiger partial charge in [0.25, 0.3) is 5.91 Å². The van der Waals surface area contributed by atoms with Crippen LogP contribution in [0.3, 0.4) is 0 Å². The molecule has 33 heavy (non-hydrogen) atoms. The largest absolute Gasteiger partial charge is 0.367 e. The zero-order valence-corrected chi connectivity index (χ0v) is 20.5. The average Bonchev–Trinajstić information content (AvgIpc) is 2.85. The van der Waals surface area contributed by atoms with Crippen LogP contribution >= 0.6 is 11.6 Å². The maximum Gasteiger partial charge on any atom is 0.255 e. The van der Waals surface area contributed by atoms with Crippen molar-refractivity contribution in [3.8, 4) is 0 Å². The van der Waals surface area contributed by atoms with E-state index in [9.17, 15) is 13.2 Å². The second-order valence-electron chi connectivity index (χ2n) is 8.53. The van der Waals surface area contributed by atoms with Gasteiger partial charge in [0.2, 0.25) is 10.0 Å². The van der Waals surface area contributed by atoms with Gasteiger partial charge in [0, 0.05) is 49.9 Å². The van der Waals surface area contributed by atoms with Gasteiger partial charge >= 0.3 is 0 Å². The van der Waals surface area contributed by atoms with Gasteiger partial charge in [0.15, 0.2) is 0 Å². The Kier molecular flexibility index (Phi) is 7.58. The predicted molar refractivity (Wildman–Crippen MR) is 133 cm³/mol. The topological polar surface area (TPSA) is 73.0 Å².